The molecule has 1 heterocycles. The Morgan fingerprint density at radius 3 is 2.53 bits per heavy atom. The summed E-state index contributed by atoms with van der Waals surface area (Å²) in [6.07, 6.45) is -4.40. The Balaban J connectivity index is 1.55. The Labute approximate surface area is 187 Å². The number of aromatic nitrogens is 2. The fourth-order valence-corrected chi connectivity index (χ4v) is 4.12. The van der Waals surface area contributed by atoms with E-state index in [0.717, 1.165) is 28.7 Å². The molecule has 0 atom stereocenters. The summed E-state index contributed by atoms with van der Waals surface area (Å²) in [6.45, 7) is 2.18. The monoisotopic (exact) mass is 455 g/mol. The van der Waals surface area contributed by atoms with Gasteiger partial charge in [-0.3, -0.25) is 4.79 Å². The van der Waals surface area contributed by atoms with Gasteiger partial charge in [0.15, 0.2) is 5.16 Å². The van der Waals surface area contributed by atoms with Crippen LogP contribution in [0.4, 0.5) is 18.9 Å². The van der Waals surface area contributed by atoms with Crippen LogP contribution in [0.15, 0.2) is 78.0 Å². The summed E-state index contributed by atoms with van der Waals surface area (Å²) in [5, 5.41) is 3.42. The van der Waals surface area contributed by atoms with E-state index in [2.05, 4.69) is 10.3 Å². The summed E-state index contributed by atoms with van der Waals surface area (Å²) in [6, 6.07) is 20.2. The molecule has 0 saturated heterocycles. The first-order valence-corrected chi connectivity index (χ1v) is 10.9. The highest BCUT2D eigenvalue weighted by Crippen LogP contribution is 2.31. The Hall–Kier alpha value is -3.26. The van der Waals surface area contributed by atoms with Crippen LogP contribution in [0, 0.1) is 6.92 Å². The van der Waals surface area contributed by atoms with Crippen molar-refractivity contribution in [3.63, 3.8) is 0 Å². The number of halogens is 3. The lowest BCUT2D eigenvalue weighted by molar-refractivity contribution is -0.137. The van der Waals surface area contributed by atoms with E-state index in [1.165, 1.54) is 17.8 Å². The first-order chi connectivity index (χ1) is 15.3. The molecular weight excluding hydrogens is 435 g/mol. The number of hydrogen-bond acceptors (Lipinski definition) is 3. The van der Waals surface area contributed by atoms with Crippen molar-refractivity contribution >= 4 is 34.4 Å². The van der Waals surface area contributed by atoms with Gasteiger partial charge in [0.25, 0.3) is 0 Å². The fourth-order valence-electron chi connectivity index (χ4n) is 3.31. The van der Waals surface area contributed by atoms with Gasteiger partial charge in [-0.15, -0.1) is 0 Å². The zero-order valence-electron chi connectivity index (χ0n) is 17.2. The third-order valence-electron chi connectivity index (χ3n) is 4.88. The number of fused-ring (bicyclic) bond motifs is 1. The van der Waals surface area contributed by atoms with Gasteiger partial charge >= 0.3 is 6.18 Å². The van der Waals surface area contributed by atoms with E-state index >= 15 is 0 Å². The lowest BCUT2D eigenvalue weighted by Gasteiger charge is -2.12. The number of alkyl halides is 3. The summed E-state index contributed by atoms with van der Waals surface area (Å²) < 4.78 is 41.2. The molecule has 0 bridgehead atoms. The third-order valence-corrected chi connectivity index (χ3v) is 5.86. The molecule has 32 heavy (non-hydrogen) atoms. The molecule has 4 rings (SSSR count). The largest absolute Gasteiger partial charge is 0.416 e. The van der Waals surface area contributed by atoms with Crippen molar-refractivity contribution in [1.29, 1.82) is 0 Å². The summed E-state index contributed by atoms with van der Waals surface area (Å²) in [5.41, 5.74) is 3.15. The zero-order chi connectivity index (χ0) is 22.7. The quantitative estimate of drug-likeness (QED) is 0.355. The number of rotatable bonds is 6. The summed E-state index contributed by atoms with van der Waals surface area (Å²) in [5.74, 6) is -0.0590. The molecule has 4 nitrogen and oxygen atoms in total. The predicted molar refractivity (Wildman–Crippen MR) is 121 cm³/mol. The summed E-state index contributed by atoms with van der Waals surface area (Å²) in [4.78, 5) is 17.0. The van der Waals surface area contributed by atoms with Crippen LogP contribution in [0.3, 0.4) is 0 Å². The van der Waals surface area contributed by atoms with Crippen LogP contribution in [-0.4, -0.2) is 21.2 Å². The molecule has 0 fully saturated rings. The first-order valence-electron chi connectivity index (χ1n) is 9.90. The number of imidazole rings is 1. The van der Waals surface area contributed by atoms with Crippen LogP contribution >= 0.6 is 11.8 Å². The van der Waals surface area contributed by atoms with Gasteiger partial charge in [-0.2, -0.15) is 13.2 Å². The fraction of sp³-hybridized carbons (Fsp3) is 0.167. The van der Waals surface area contributed by atoms with E-state index in [0.29, 0.717) is 16.4 Å². The van der Waals surface area contributed by atoms with Gasteiger partial charge in [0.05, 0.1) is 28.9 Å². The standard InChI is InChI=1S/C24H20F3N3OS/c1-16-9-11-19(12-10-16)28-22(31)15-32-23-29-20-7-2-3-8-21(20)30(23)14-17-5-4-6-18(13-17)24(25,26)27/h2-13H,14-15H2,1H3,(H,28,31). The van der Waals surface area contributed by atoms with E-state index in [1.54, 1.807) is 6.07 Å². The van der Waals surface area contributed by atoms with Crippen LogP contribution in [-0.2, 0) is 17.5 Å². The summed E-state index contributed by atoms with van der Waals surface area (Å²) >= 11 is 1.25. The van der Waals surface area contributed by atoms with E-state index < -0.39 is 11.7 Å². The second kappa shape index (κ2) is 9.08. The molecule has 0 radical (unpaired) electrons. The van der Waals surface area contributed by atoms with E-state index in [1.807, 2.05) is 60.0 Å². The molecule has 8 heteroatoms. The lowest BCUT2D eigenvalue weighted by Crippen LogP contribution is -2.14. The minimum atomic E-state index is -4.40. The smallest absolute Gasteiger partial charge is 0.325 e. The Morgan fingerprint density at radius 2 is 1.78 bits per heavy atom. The molecule has 4 aromatic rings. The average Bonchev–Trinajstić information content (AvgIpc) is 3.11. The van der Waals surface area contributed by atoms with Crippen molar-refractivity contribution in [3.05, 3.63) is 89.5 Å². The number of amides is 1. The molecule has 0 aliphatic carbocycles. The minimum Gasteiger partial charge on any atom is -0.325 e. The van der Waals surface area contributed by atoms with Crippen LogP contribution in [0.1, 0.15) is 16.7 Å². The molecule has 0 aliphatic heterocycles. The molecule has 0 unspecified atom stereocenters. The van der Waals surface area contributed by atoms with Gasteiger partial charge in [-0.1, -0.05) is 53.7 Å². The van der Waals surface area contributed by atoms with Crippen molar-refractivity contribution in [2.24, 2.45) is 0 Å². The molecule has 1 amide bonds. The zero-order valence-corrected chi connectivity index (χ0v) is 18.0. The number of carbonyl (C=O) groups excluding carboxylic acids is 1. The SMILES string of the molecule is Cc1ccc(NC(=O)CSc2nc3ccccc3n2Cc2cccc(C(F)(F)F)c2)cc1. The number of nitrogens with one attached hydrogen (secondary N) is 1. The number of aryl methyl sites for hydroxylation is 1. The maximum atomic E-state index is 13.1. The van der Waals surface area contributed by atoms with Gasteiger partial charge in [-0.05, 0) is 48.9 Å². The number of benzene rings is 3. The molecule has 1 aromatic heterocycles. The predicted octanol–water partition coefficient (Wildman–Crippen LogP) is 6.14. The first kappa shape index (κ1) is 22.0. The van der Waals surface area contributed by atoms with Gasteiger partial charge in [0.1, 0.15) is 0 Å². The van der Waals surface area contributed by atoms with Crippen molar-refractivity contribution in [2.75, 3.05) is 11.1 Å². The highest BCUT2D eigenvalue weighted by molar-refractivity contribution is 7.99. The van der Waals surface area contributed by atoms with Crippen molar-refractivity contribution < 1.29 is 18.0 Å². The molecule has 0 spiro atoms. The Kier molecular flexibility index (Phi) is 6.23. The normalized spacial score (nSPS) is 11.6. The number of thioether (sulfide) groups is 1. The number of carbonyl (C=O) groups is 1. The highest BCUT2D eigenvalue weighted by Gasteiger charge is 2.30. The van der Waals surface area contributed by atoms with Gasteiger partial charge in [0, 0.05) is 5.69 Å². The second-order valence-corrected chi connectivity index (χ2v) is 8.31. The van der Waals surface area contributed by atoms with Crippen molar-refractivity contribution in [3.8, 4) is 0 Å². The number of para-hydroxylation sites is 2. The van der Waals surface area contributed by atoms with E-state index in [-0.39, 0.29) is 18.2 Å². The highest BCUT2D eigenvalue weighted by atomic mass is 32.2. The van der Waals surface area contributed by atoms with Crippen LogP contribution < -0.4 is 5.32 Å². The van der Waals surface area contributed by atoms with Gasteiger partial charge in [-0.25, -0.2) is 4.98 Å². The molecule has 164 valence electrons. The van der Waals surface area contributed by atoms with E-state index in [4.69, 9.17) is 0 Å². The van der Waals surface area contributed by atoms with Gasteiger partial charge in [0.2, 0.25) is 5.91 Å². The lowest BCUT2D eigenvalue weighted by atomic mass is 10.1. The van der Waals surface area contributed by atoms with Crippen LogP contribution in [0.5, 0.6) is 0 Å². The maximum Gasteiger partial charge on any atom is 0.416 e. The maximum absolute atomic E-state index is 13.1. The Morgan fingerprint density at radius 1 is 1.03 bits per heavy atom. The van der Waals surface area contributed by atoms with E-state index in [9.17, 15) is 18.0 Å². The van der Waals surface area contributed by atoms with Crippen LogP contribution in [0.25, 0.3) is 11.0 Å². The van der Waals surface area contributed by atoms with Gasteiger partial charge < -0.3 is 9.88 Å². The topological polar surface area (TPSA) is 46.9 Å². The molecule has 1 N–H and O–H groups in total. The van der Waals surface area contributed by atoms with Crippen molar-refractivity contribution in [1.82, 2.24) is 9.55 Å². The average molecular weight is 456 g/mol. The van der Waals surface area contributed by atoms with Crippen molar-refractivity contribution in [2.45, 2.75) is 24.8 Å². The minimum absolute atomic E-state index is 0.125. The number of hydrogen-bond donors (Lipinski definition) is 1. The number of nitrogens with zero attached hydrogens (tertiary/aromatic N) is 2. The third kappa shape index (κ3) is 5.13. The molecule has 0 aliphatic rings. The molecule has 3 aromatic carbocycles. The second-order valence-electron chi connectivity index (χ2n) is 7.37. The number of anilines is 1. The summed E-state index contributed by atoms with van der Waals surface area (Å²) in [7, 11) is 0. The molecule has 0 saturated carbocycles. The Bertz CT molecular complexity index is 1250. The molecular formula is C24H20F3N3OS. The van der Waals surface area contributed by atoms with Crippen LogP contribution in [0.2, 0.25) is 0 Å².